The minimum absolute atomic E-state index is 0.144. The van der Waals surface area contributed by atoms with E-state index in [0.717, 1.165) is 4.90 Å². The quantitative estimate of drug-likeness (QED) is 0.499. The van der Waals surface area contributed by atoms with E-state index < -0.39 is 0 Å². The van der Waals surface area contributed by atoms with Crippen LogP contribution in [-0.2, 0) is 4.79 Å². The summed E-state index contributed by atoms with van der Waals surface area (Å²) < 4.78 is 0. The average Bonchev–Trinajstić information content (AvgIpc) is 2.54. The molecular formula is C18H20N2O2S. The van der Waals surface area contributed by atoms with E-state index in [9.17, 15) is 9.90 Å². The molecule has 0 bridgehead atoms. The van der Waals surface area contributed by atoms with Crippen molar-refractivity contribution in [2.24, 2.45) is 5.10 Å². The fourth-order valence-corrected chi connectivity index (χ4v) is 2.81. The molecule has 0 spiro atoms. The molecule has 0 aliphatic heterocycles. The highest BCUT2D eigenvalue weighted by Gasteiger charge is 2.14. The van der Waals surface area contributed by atoms with Gasteiger partial charge in [-0.2, -0.15) is 5.10 Å². The Morgan fingerprint density at radius 1 is 1.17 bits per heavy atom. The maximum Gasteiger partial charge on any atom is 0.253 e. The minimum Gasteiger partial charge on any atom is -0.507 e. The summed E-state index contributed by atoms with van der Waals surface area (Å²) in [6.07, 6.45) is 0. The summed E-state index contributed by atoms with van der Waals surface area (Å²) in [6.45, 7) is 5.61. The zero-order valence-electron chi connectivity index (χ0n) is 13.4. The number of nitrogens with zero attached hydrogens (tertiary/aromatic N) is 1. The maximum absolute atomic E-state index is 12.1. The van der Waals surface area contributed by atoms with Gasteiger partial charge in [0, 0.05) is 10.5 Å². The van der Waals surface area contributed by atoms with Crippen molar-refractivity contribution in [3.8, 4) is 5.75 Å². The van der Waals surface area contributed by atoms with Gasteiger partial charge in [-0.05, 0) is 45.0 Å². The molecule has 4 nitrogen and oxygen atoms in total. The highest BCUT2D eigenvalue weighted by Crippen LogP contribution is 2.23. The van der Waals surface area contributed by atoms with Crippen LogP contribution in [0.1, 0.15) is 25.0 Å². The van der Waals surface area contributed by atoms with Crippen molar-refractivity contribution in [1.82, 2.24) is 5.43 Å². The fraction of sp³-hybridized carbons (Fsp3) is 0.222. The smallest absolute Gasteiger partial charge is 0.253 e. The SMILES string of the molecule is C/C(=N/NC(=O)[C@H](C)Sc1ccc(C)cc1)c1ccccc1O. The van der Waals surface area contributed by atoms with Gasteiger partial charge in [0.25, 0.3) is 5.91 Å². The van der Waals surface area contributed by atoms with E-state index in [0.29, 0.717) is 11.3 Å². The van der Waals surface area contributed by atoms with Crippen LogP contribution in [0.2, 0.25) is 0 Å². The standard InChI is InChI=1S/C18H20N2O2S/c1-12-8-10-15(11-9-12)23-14(3)18(22)20-19-13(2)16-6-4-5-7-17(16)21/h4-11,14,21H,1-3H3,(H,20,22)/b19-13-/t14-/m0/s1. The number of phenols is 1. The molecule has 23 heavy (non-hydrogen) atoms. The molecule has 0 aliphatic rings. The third kappa shape index (κ3) is 4.86. The number of carbonyl (C=O) groups is 1. The van der Waals surface area contributed by atoms with Gasteiger partial charge < -0.3 is 5.11 Å². The molecule has 120 valence electrons. The number of thioether (sulfide) groups is 1. The molecule has 0 saturated heterocycles. The van der Waals surface area contributed by atoms with Gasteiger partial charge in [-0.3, -0.25) is 4.79 Å². The molecule has 0 aliphatic carbocycles. The summed E-state index contributed by atoms with van der Waals surface area (Å²) in [5, 5.41) is 13.6. The van der Waals surface area contributed by atoms with Gasteiger partial charge in [0.2, 0.25) is 0 Å². The second-order valence-electron chi connectivity index (χ2n) is 5.26. The van der Waals surface area contributed by atoms with Crippen molar-refractivity contribution in [3.63, 3.8) is 0 Å². The molecule has 0 saturated carbocycles. The molecule has 5 heteroatoms. The van der Waals surface area contributed by atoms with Crippen LogP contribution in [0.25, 0.3) is 0 Å². The molecule has 0 heterocycles. The van der Waals surface area contributed by atoms with E-state index in [1.54, 1.807) is 25.1 Å². The summed E-state index contributed by atoms with van der Waals surface area (Å²) in [6, 6.07) is 14.9. The number of phenolic OH excluding ortho intramolecular Hbond substituents is 1. The number of hydrogen-bond acceptors (Lipinski definition) is 4. The zero-order chi connectivity index (χ0) is 16.8. The van der Waals surface area contributed by atoms with Crippen LogP contribution in [0.4, 0.5) is 0 Å². The molecule has 2 aromatic carbocycles. The van der Waals surface area contributed by atoms with E-state index in [1.165, 1.54) is 17.3 Å². The molecule has 1 amide bonds. The predicted molar refractivity (Wildman–Crippen MR) is 95.0 cm³/mol. The van der Waals surface area contributed by atoms with Crippen LogP contribution < -0.4 is 5.43 Å². The zero-order valence-corrected chi connectivity index (χ0v) is 14.2. The second-order valence-corrected chi connectivity index (χ2v) is 6.68. The first-order chi connectivity index (χ1) is 11.0. The van der Waals surface area contributed by atoms with Gasteiger partial charge in [-0.1, -0.05) is 29.8 Å². The highest BCUT2D eigenvalue weighted by atomic mass is 32.2. The normalized spacial score (nSPS) is 12.7. The lowest BCUT2D eigenvalue weighted by Gasteiger charge is -2.10. The third-order valence-corrected chi connectivity index (χ3v) is 4.44. The van der Waals surface area contributed by atoms with Crippen molar-refractivity contribution in [2.45, 2.75) is 30.9 Å². The summed E-state index contributed by atoms with van der Waals surface area (Å²) in [7, 11) is 0. The van der Waals surface area contributed by atoms with Crippen LogP contribution >= 0.6 is 11.8 Å². The van der Waals surface area contributed by atoms with E-state index in [-0.39, 0.29) is 16.9 Å². The van der Waals surface area contributed by atoms with Crippen LogP contribution in [0, 0.1) is 6.92 Å². The van der Waals surface area contributed by atoms with E-state index in [2.05, 4.69) is 10.5 Å². The Balaban J connectivity index is 1.97. The molecule has 0 aromatic heterocycles. The predicted octanol–water partition coefficient (Wildman–Crippen LogP) is 3.72. The number of benzene rings is 2. The van der Waals surface area contributed by atoms with Crippen LogP contribution in [0.5, 0.6) is 5.75 Å². The van der Waals surface area contributed by atoms with Crippen molar-refractivity contribution < 1.29 is 9.90 Å². The summed E-state index contributed by atoms with van der Waals surface area (Å²) >= 11 is 1.48. The van der Waals surface area contributed by atoms with Gasteiger partial charge in [0.05, 0.1) is 11.0 Å². The summed E-state index contributed by atoms with van der Waals surface area (Å²) in [5.41, 5.74) is 4.91. The summed E-state index contributed by atoms with van der Waals surface area (Å²) in [4.78, 5) is 13.2. The Bertz CT molecular complexity index is 711. The number of hydrazone groups is 1. The number of aromatic hydroxyl groups is 1. The molecule has 1 atom stereocenters. The van der Waals surface area contributed by atoms with E-state index >= 15 is 0 Å². The van der Waals surface area contributed by atoms with Crippen molar-refractivity contribution >= 4 is 23.4 Å². The Morgan fingerprint density at radius 3 is 2.48 bits per heavy atom. The lowest BCUT2D eigenvalue weighted by atomic mass is 10.1. The maximum atomic E-state index is 12.1. The van der Waals surface area contributed by atoms with Gasteiger partial charge in [0.1, 0.15) is 5.75 Å². The van der Waals surface area contributed by atoms with Gasteiger partial charge in [-0.15, -0.1) is 11.8 Å². The topological polar surface area (TPSA) is 61.7 Å². The molecule has 2 rings (SSSR count). The first-order valence-electron chi connectivity index (χ1n) is 7.33. The van der Waals surface area contributed by atoms with Crippen LogP contribution in [0.3, 0.4) is 0 Å². The number of rotatable bonds is 5. The average molecular weight is 328 g/mol. The Hall–Kier alpha value is -2.27. The number of para-hydroxylation sites is 1. The number of hydrogen-bond donors (Lipinski definition) is 2. The second kappa shape index (κ2) is 7.83. The third-order valence-electron chi connectivity index (χ3n) is 3.33. The van der Waals surface area contributed by atoms with E-state index in [4.69, 9.17) is 0 Å². The minimum atomic E-state index is -0.265. The molecular weight excluding hydrogens is 308 g/mol. The van der Waals surface area contributed by atoms with Crippen molar-refractivity contribution in [2.75, 3.05) is 0 Å². The number of amides is 1. The lowest BCUT2D eigenvalue weighted by molar-refractivity contribution is -0.120. The monoisotopic (exact) mass is 328 g/mol. The van der Waals surface area contributed by atoms with Crippen molar-refractivity contribution in [1.29, 1.82) is 0 Å². The van der Waals surface area contributed by atoms with Gasteiger partial charge in [0.15, 0.2) is 0 Å². The largest absolute Gasteiger partial charge is 0.507 e. The Morgan fingerprint density at radius 2 is 1.83 bits per heavy atom. The molecule has 2 aromatic rings. The number of carbonyl (C=O) groups excluding carboxylic acids is 1. The first-order valence-corrected chi connectivity index (χ1v) is 8.21. The Labute approximate surface area is 140 Å². The van der Waals surface area contributed by atoms with Crippen LogP contribution in [-0.4, -0.2) is 22.0 Å². The van der Waals surface area contributed by atoms with Gasteiger partial charge >= 0.3 is 0 Å². The first kappa shape index (κ1) is 17.1. The Kier molecular flexibility index (Phi) is 5.82. The van der Waals surface area contributed by atoms with Crippen LogP contribution in [0.15, 0.2) is 58.5 Å². The van der Waals surface area contributed by atoms with Gasteiger partial charge in [-0.25, -0.2) is 5.43 Å². The van der Waals surface area contributed by atoms with Crippen molar-refractivity contribution in [3.05, 3.63) is 59.7 Å². The molecule has 0 radical (unpaired) electrons. The molecule has 2 N–H and O–H groups in total. The molecule has 0 unspecified atom stereocenters. The lowest BCUT2D eigenvalue weighted by Crippen LogP contribution is -2.27. The highest BCUT2D eigenvalue weighted by molar-refractivity contribution is 8.00. The summed E-state index contributed by atoms with van der Waals surface area (Å²) in [5.74, 6) is -0.0320. The molecule has 0 fully saturated rings. The number of nitrogens with one attached hydrogen (secondary N) is 1. The fourth-order valence-electron chi connectivity index (χ4n) is 1.94. The number of aryl methyl sites for hydroxylation is 1. The van der Waals surface area contributed by atoms with E-state index in [1.807, 2.05) is 44.2 Å².